The highest BCUT2D eigenvalue weighted by molar-refractivity contribution is 7.99. The number of nitrogens with zero attached hydrogens (tertiary/aromatic N) is 4. The van der Waals surface area contributed by atoms with Crippen LogP contribution in [0.15, 0.2) is 24.5 Å². The van der Waals surface area contributed by atoms with Gasteiger partial charge in [-0.1, -0.05) is 31.5 Å². The number of hydrogen-bond donors (Lipinski definition) is 1. The van der Waals surface area contributed by atoms with Crippen molar-refractivity contribution in [3.63, 3.8) is 0 Å². The molecule has 9 heteroatoms. The zero-order valence-corrected chi connectivity index (χ0v) is 20.2. The normalized spacial score (nSPS) is 19.4. The summed E-state index contributed by atoms with van der Waals surface area (Å²) in [5.41, 5.74) is 3.00. The van der Waals surface area contributed by atoms with Crippen LogP contribution >= 0.6 is 23.4 Å². The van der Waals surface area contributed by atoms with Crippen molar-refractivity contribution in [1.29, 1.82) is 0 Å². The fourth-order valence-electron chi connectivity index (χ4n) is 4.28. The fraction of sp³-hybridized carbons (Fsp3) is 0.522. The van der Waals surface area contributed by atoms with Crippen LogP contribution in [-0.2, 0) is 10.5 Å². The maximum atomic E-state index is 14.1. The molecule has 2 unspecified atom stereocenters. The molecule has 32 heavy (non-hydrogen) atoms. The average Bonchev–Trinajstić information content (AvgIpc) is 3.17. The van der Waals surface area contributed by atoms with Crippen molar-refractivity contribution < 1.29 is 9.18 Å². The third-order valence-electron chi connectivity index (χ3n) is 6.09. The first-order valence-corrected chi connectivity index (χ1v) is 12.4. The Morgan fingerprint density at radius 2 is 2.03 bits per heavy atom. The van der Waals surface area contributed by atoms with Crippen molar-refractivity contribution in [3.8, 4) is 0 Å². The molecule has 2 atom stereocenters. The zero-order valence-electron chi connectivity index (χ0n) is 18.6. The highest BCUT2D eigenvalue weighted by Gasteiger charge is 2.32. The van der Waals surface area contributed by atoms with Gasteiger partial charge in [-0.15, -0.1) is 11.8 Å². The van der Waals surface area contributed by atoms with Gasteiger partial charge >= 0.3 is 0 Å². The van der Waals surface area contributed by atoms with E-state index in [1.807, 2.05) is 30.5 Å². The highest BCUT2D eigenvalue weighted by Crippen LogP contribution is 2.44. The molecule has 1 amide bonds. The number of fused-ring (bicyclic) bond motifs is 1. The van der Waals surface area contributed by atoms with Crippen molar-refractivity contribution in [3.05, 3.63) is 52.2 Å². The smallest absolute Gasteiger partial charge is 0.231 e. The summed E-state index contributed by atoms with van der Waals surface area (Å²) in [5.74, 6) is 0.970. The molecule has 2 aliphatic rings. The van der Waals surface area contributed by atoms with Gasteiger partial charge in [-0.25, -0.2) is 14.4 Å². The second kappa shape index (κ2) is 9.93. The van der Waals surface area contributed by atoms with Crippen LogP contribution in [0.1, 0.15) is 48.8 Å². The molecule has 0 bridgehead atoms. The first-order chi connectivity index (χ1) is 15.3. The van der Waals surface area contributed by atoms with Crippen LogP contribution in [0.3, 0.4) is 0 Å². The van der Waals surface area contributed by atoms with E-state index in [0.717, 1.165) is 17.3 Å². The van der Waals surface area contributed by atoms with Crippen molar-refractivity contribution >= 4 is 35.1 Å². The molecule has 6 nitrogen and oxygen atoms in total. The quantitative estimate of drug-likeness (QED) is 0.678. The molecule has 4 rings (SSSR count). The lowest BCUT2D eigenvalue weighted by Gasteiger charge is -2.38. The van der Waals surface area contributed by atoms with Crippen LogP contribution in [0.5, 0.6) is 0 Å². The second-order valence-corrected chi connectivity index (χ2v) is 10.3. The third-order valence-corrected chi connectivity index (χ3v) is 7.57. The minimum absolute atomic E-state index is 0.0105. The van der Waals surface area contributed by atoms with Gasteiger partial charge in [0.25, 0.3) is 0 Å². The van der Waals surface area contributed by atoms with E-state index in [1.165, 1.54) is 17.7 Å². The molecule has 0 aliphatic carbocycles. The van der Waals surface area contributed by atoms with E-state index >= 15 is 0 Å². The topological polar surface area (TPSA) is 61.4 Å². The number of amides is 1. The number of carbonyl (C=O) groups excluding carboxylic acids is 1. The van der Waals surface area contributed by atoms with Crippen molar-refractivity contribution in [2.75, 3.05) is 37.6 Å². The van der Waals surface area contributed by atoms with Gasteiger partial charge in [0.1, 0.15) is 18.0 Å². The molecule has 2 aromatic rings. The molecular formula is C23H29ClFN5OS. The Morgan fingerprint density at radius 1 is 1.28 bits per heavy atom. The number of piperazine rings is 1. The molecule has 1 N–H and O–H groups in total. The van der Waals surface area contributed by atoms with Crippen molar-refractivity contribution in [2.24, 2.45) is 0 Å². The first kappa shape index (κ1) is 23.3. The number of halogens is 2. The summed E-state index contributed by atoms with van der Waals surface area (Å²) in [6, 6.07) is 4.87. The summed E-state index contributed by atoms with van der Waals surface area (Å²) >= 11 is 7.74. The summed E-state index contributed by atoms with van der Waals surface area (Å²) < 4.78 is 14.1. The third kappa shape index (κ3) is 4.87. The van der Waals surface area contributed by atoms with E-state index in [0.29, 0.717) is 43.5 Å². The van der Waals surface area contributed by atoms with Gasteiger partial charge in [-0.05, 0) is 24.6 Å². The number of aromatic nitrogens is 2. The van der Waals surface area contributed by atoms with Crippen molar-refractivity contribution in [2.45, 2.75) is 43.7 Å². The maximum Gasteiger partial charge on any atom is 0.231 e. The SMILES string of the molecule is CC(C)NCC(C(=O)N1CCN(c2ncnc3c2C(C)SC3)CC1)c1ccc(Cl)c(F)c1. The molecule has 0 radical (unpaired) electrons. The number of benzene rings is 1. The Morgan fingerprint density at radius 3 is 2.72 bits per heavy atom. The number of rotatable bonds is 6. The van der Waals surface area contributed by atoms with Crippen molar-refractivity contribution in [1.82, 2.24) is 20.2 Å². The first-order valence-electron chi connectivity index (χ1n) is 11.0. The number of carbonyl (C=O) groups is 1. The van der Waals surface area contributed by atoms with Gasteiger partial charge in [0.05, 0.1) is 16.6 Å². The monoisotopic (exact) mass is 477 g/mol. The highest BCUT2D eigenvalue weighted by atomic mass is 35.5. The van der Waals surface area contributed by atoms with Gasteiger partial charge < -0.3 is 15.1 Å². The van der Waals surface area contributed by atoms with Gasteiger partial charge in [0.2, 0.25) is 5.91 Å². The average molecular weight is 478 g/mol. The molecule has 1 aromatic heterocycles. The number of thioether (sulfide) groups is 1. The van der Waals surface area contributed by atoms with Crippen LogP contribution in [-0.4, -0.2) is 59.5 Å². The van der Waals surface area contributed by atoms with Crippen LogP contribution in [0, 0.1) is 5.82 Å². The van der Waals surface area contributed by atoms with Crippen LogP contribution < -0.4 is 10.2 Å². The Balaban J connectivity index is 1.48. The van der Waals surface area contributed by atoms with Crippen LogP contribution in [0.2, 0.25) is 5.02 Å². The molecule has 2 aliphatic heterocycles. The molecule has 0 spiro atoms. The molecule has 0 saturated carbocycles. The maximum absolute atomic E-state index is 14.1. The van der Waals surface area contributed by atoms with E-state index in [2.05, 4.69) is 27.1 Å². The standard InChI is InChI=1S/C23H29ClFN5OS/c1-14(2)26-11-17(16-4-5-18(24)19(25)10-16)23(31)30-8-6-29(7-9-30)22-21-15(3)32-12-20(21)27-13-28-22/h4-5,10,13-15,17,26H,6-9,11-12H2,1-3H3. The predicted octanol–water partition coefficient (Wildman–Crippen LogP) is 4.01. The molecule has 3 heterocycles. The van der Waals surface area contributed by atoms with E-state index < -0.39 is 11.7 Å². The number of nitrogens with one attached hydrogen (secondary N) is 1. The lowest BCUT2D eigenvalue weighted by atomic mass is 9.96. The van der Waals surface area contributed by atoms with Gasteiger partial charge in [0, 0.05) is 55.3 Å². The Bertz CT molecular complexity index is 983. The Kier molecular flexibility index (Phi) is 7.22. The van der Waals surface area contributed by atoms with Gasteiger partial charge in [0.15, 0.2) is 0 Å². The number of hydrogen-bond acceptors (Lipinski definition) is 6. The molecule has 172 valence electrons. The second-order valence-electron chi connectivity index (χ2n) is 8.61. The van der Waals surface area contributed by atoms with Crippen LogP contribution in [0.25, 0.3) is 0 Å². The van der Waals surface area contributed by atoms with Gasteiger partial charge in [-0.2, -0.15) is 0 Å². The minimum atomic E-state index is -0.499. The zero-order chi connectivity index (χ0) is 22.8. The Labute approximate surface area is 197 Å². The van der Waals surface area contributed by atoms with Gasteiger partial charge in [-0.3, -0.25) is 4.79 Å². The van der Waals surface area contributed by atoms with E-state index in [-0.39, 0.29) is 17.0 Å². The molecule has 1 fully saturated rings. The van der Waals surface area contributed by atoms with E-state index in [1.54, 1.807) is 12.4 Å². The lowest BCUT2D eigenvalue weighted by molar-refractivity contribution is -0.133. The molecule has 1 aromatic carbocycles. The summed E-state index contributed by atoms with van der Waals surface area (Å²) in [7, 11) is 0. The fourth-order valence-corrected chi connectivity index (χ4v) is 5.45. The summed E-state index contributed by atoms with van der Waals surface area (Å²) in [4.78, 5) is 26.6. The lowest BCUT2D eigenvalue weighted by Crippen LogP contribution is -2.51. The Hall–Kier alpha value is -1.90. The summed E-state index contributed by atoms with van der Waals surface area (Å²) in [6.45, 7) is 9.34. The number of anilines is 1. The largest absolute Gasteiger partial charge is 0.353 e. The van der Waals surface area contributed by atoms with Crippen LogP contribution in [0.4, 0.5) is 10.2 Å². The molecular weight excluding hydrogens is 449 g/mol. The minimum Gasteiger partial charge on any atom is -0.353 e. The molecule has 1 saturated heterocycles. The predicted molar refractivity (Wildman–Crippen MR) is 128 cm³/mol. The summed E-state index contributed by atoms with van der Waals surface area (Å²) in [5, 5.41) is 3.78. The summed E-state index contributed by atoms with van der Waals surface area (Å²) in [6.07, 6.45) is 1.65. The van der Waals surface area contributed by atoms with E-state index in [9.17, 15) is 9.18 Å². The van der Waals surface area contributed by atoms with E-state index in [4.69, 9.17) is 11.6 Å².